The van der Waals surface area contributed by atoms with Gasteiger partial charge in [0.2, 0.25) is 0 Å². The maximum atomic E-state index is 4.88. The Bertz CT molecular complexity index is 126. The number of fused-ring (bicyclic) bond motifs is 2. The zero-order valence-corrected chi connectivity index (χ0v) is 8.95. The molecule has 0 N–H and O–H groups in total. The molecular formula is C7H7Cl2Pt-. The monoisotopic (exact) mass is 356 g/mol. The third kappa shape index (κ3) is 2.34. The van der Waals surface area contributed by atoms with Gasteiger partial charge in [-0.3, -0.25) is 0 Å². The standard InChI is InChI=1S/C7H7.2ClH.Pt/c1-2-7-4-3-6(1)5-7;;;/h1-4,6H,5H2;2*1H;/q-1;;;+2/p-2. The Hall–Kier alpha value is 0.618. The summed E-state index contributed by atoms with van der Waals surface area (Å²) in [7, 11) is 9.75. The van der Waals surface area contributed by atoms with Gasteiger partial charge in [0, 0.05) is 0 Å². The Kier molecular flexibility index (Phi) is 3.91. The maximum absolute atomic E-state index is 4.88. The van der Waals surface area contributed by atoms with E-state index in [1.54, 1.807) is 0 Å². The number of allylic oxidation sites excluding steroid dienone is 4. The normalized spacial score (nSPS) is 20.0. The van der Waals surface area contributed by atoms with Crippen molar-refractivity contribution in [2.24, 2.45) is 5.92 Å². The van der Waals surface area contributed by atoms with Crippen molar-refractivity contribution >= 4 is 18.8 Å². The molecule has 0 nitrogen and oxygen atoms in total. The minimum absolute atomic E-state index is 0.472. The van der Waals surface area contributed by atoms with Crippen molar-refractivity contribution in [2.75, 3.05) is 0 Å². The SMILES string of the molecule is C1=CC2C=C[C-]1C2.[Cl][Pt][Cl]. The van der Waals surface area contributed by atoms with E-state index < -0.39 is 16.5 Å². The molecule has 2 bridgehead atoms. The Labute approximate surface area is 77.7 Å². The van der Waals surface area contributed by atoms with Gasteiger partial charge in [0.25, 0.3) is 0 Å². The third-order valence-corrected chi connectivity index (χ3v) is 1.59. The van der Waals surface area contributed by atoms with Gasteiger partial charge in [-0.2, -0.15) is 30.2 Å². The van der Waals surface area contributed by atoms with Gasteiger partial charge in [-0.25, -0.2) is 0 Å². The van der Waals surface area contributed by atoms with Gasteiger partial charge < -0.3 is 0 Å². The molecule has 0 aromatic rings. The van der Waals surface area contributed by atoms with Gasteiger partial charge in [-0.1, -0.05) is 6.42 Å². The summed E-state index contributed by atoms with van der Waals surface area (Å²) in [6, 6.07) is 0. The van der Waals surface area contributed by atoms with Gasteiger partial charge in [0.05, 0.1) is 0 Å². The first kappa shape index (κ1) is 8.71. The van der Waals surface area contributed by atoms with E-state index >= 15 is 0 Å². The van der Waals surface area contributed by atoms with Gasteiger partial charge in [-0.15, -0.1) is 5.92 Å². The molecule has 0 heterocycles. The molecule has 0 spiro atoms. The Morgan fingerprint density at radius 1 is 1.30 bits per heavy atom. The predicted octanol–water partition coefficient (Wildman–Crippen LogP) is 3.08. The van der Waals surface area contributed by atoms with Crippen LogP contribution in [0.3, 0.4) is 0 Å². The molecule has 60 valence electrons. The van der Waals surface area contributed by atoms with Crippen LogP contribution in [0, 0.1) is 11.8 Å². The second-order valence-corrected chi connectivity index (χ2v) is 5.49. The predicted molar refractivity (Wildman–Crippen MR) is 41.3 cm³/mol. The van der Waals surface area contributed by atoms with Crippen molar-refractivity contribution in [3.63, 3.8) is 0 Å². The van der Waals surface area contributed by atoms with E-state index in [0.29, 0.717) is 0 Å². The molecule has 0 amide bonds. The summed E-state index contributed by atoms with van der Waals surface area (Å²) >= 11 is -0.472. The van der Waals surface area contributed by atoms with E-state index in [-0.39, 0.29) is 0 Å². The van der Waals surface area contributed by atoms with Crippen LogP contribution in [0.25, 0.3) is 0 Å². The molecule has 0 aliphatic heterocycles. The molecule has 2 aliphatic carbocycles. The van der Waals surface area contributed by atoms with Crippen LogP contribution in [0.2, 0.25) is 0 Å². The zero-order valence-electron chi connectivity index (χ0n) is 5.17. The molecular weight excluding hydrogens is 350 g/mol. The summed E-state index contributed by atoms with van der Waals surface area (Å²) in [6.45, 7) is 0. The number of hydrogen-bond acceptors (Lipinski definition) is 0. The molecule has 0 fully saturated rings. The summed E-state index contributed by atoms with van der Waals surface area (Å²) in [5, 5.41) is 0. The average Bonchev–Trinajstić information content (AvgIpc) is 2.49. The molecule has 0 radical (unpaired) electrons. The fourth-order valence-corrected chi connectivity index (χ4v) is 1.16. The van der Waals surface area contributed by atoms with E-state index in [2.05, 4.69) is 24.3 Å². The molecule has 10 heavy (non-hydrogen) atoms. The van der Waals surface area contributed by atoms with Crippen molar-refractivity contribution in [1.82, 2.24) is 0 Å². The van der Waals surface area contributed by atoms with E-state index in [1.165, 1.54) is 12.3 Å². The molecule has 0 atom stereocenters. The molecule has 2 rings (SSSR count). The quantitative estimate of drug-likeness (QED) is 0.585. The number of rotatable bonds is 0. The first-order valence-corrected chi connectivity index (χ1v) is 8.54. The summed E-state index contributed by atoms with van der Waals surface area (Å²) in [4.78, 5) is 0. The Morgan fingerprint density at radius 2 is 1.80 bits per heavy atom. The van der Waals surface area contributed by atoms with Crippen LogP contribution in [0.5, 0.6) is 0 Å². The van der Waals surface area contributed by atoms with Crippen LogP contribution in [-0.2, 0) is 16.5 Å². The van der Waals surface area contributed by atoms with Crippen LogP contribution in [0.4, 0.5) is 0 Å². The van der Waals surface area contributed by atoms with E-state index in [4.69, 9.17) is 18.8 Å². The zero-order chi connectivity index (χ0) is 7.40. The summed E-state index contributed by atoms with van der Waals surface area (Å²) in [5.41, 5.74) is 0. The molecule has 0 aromatic carbocycles. The molecule has 0 saturated carbocycles. The van der Waals surface area contributed by atoms with E-state index in [9.17, 15) is 0 Å². The Morgan fingerprint density at radius 3 is 1.90 bits per heavy atom. The van der Waals surface area contributed by atoms with Crippen molar-refractivity contribution in [2.45, 2.75) is 6.42 Å². The average molecular weight is 357 g/mol. The first-order valence-electron chi connectivity index (χ1n) is 2.91. The second-order valence-electron chi connectivity index (χ2n) is 2.21. The molecule has 0 aromatic heterocycles. The van der Waals surface area contributed by atoms with Crippen LogP contribution < -0.4 is 0 Å². The number of halogens is 2. The van der Waals surface area contributed by atoms with Crippen molar-refractivity contribution < 1.29 is 16.5 Å². The van der Waals surface area contributed by atoms with Gasteiger partial charge >= 0.3 is 35.3 Å². The fraction of sp³-hybridized carbons (Fsp3) is 0.286. The molecule has 2 aliphatic rings. The van der Waals surface area contributed by atoms with Crippen molar-refractivity contribution in [1.29, 1.82) is 0 Å². The van der Waals surface area contributed by atoms with Gasteiger partial charge in [-0.05, 0) is 0 Å². The van der Waals surface area contributed by atoms with Gasteiger partial charge in [0.15, 0.2) is 0 Å². The van der Waals surface area contributed by atoms with Crippen LogP contribution in [0.1, 0.15) is 6.42 Å². The minimum atomic E-state index is -0.472. The molecule has 0 saturated heterocycles. The van der Waals surface area contributed by atoms with Crippen LogP contribution >= 0.6 is 18.8 Å². The van der Waals surface area contributed by atoms with E-state index in [1.807, 2.05) is 0 Å². The van der Waals surface area contributed by atoms with Crippen LogP contribution in [0.15, 0.2) is 24.3 Å². The topological polar surface area (TPSA) is 0 Å². The van der Waals surface area contributed by atoms with Crippen LogP contribution in [-0.4, -0.2) is 0 Å². The Balaban J connectivity index is 0.000000148. The molecule has 0 unspecified atom stereocenters. The van der Waals surface area contributed by atoms with Crippen molar-refractivity contribution in [3.05, 3.63) is 30.2 Å². The summed E-state index contributed by atoms with van der Waals surface area (Å²) < 4.78 is 0. The summed E-state index contributed by atoms with van der Waals surface area (Å²) in [5.74, 6) is 2.28. The van der Waals surface area contributed by atoms with E-state index in [0.717, 1.165) is 5.92 Å². The number of hydrogen-bond donors (Lipinski definition) is 0. The van der Waals surface area contributed by atoms with Gasteiger partial charge in [0.1, 0.15) is 0 Å². The second kappa shape index (κ2) is 4.49. The third-order valence-electron chi connectivity index (χ3n) is 1.59. The van der Waals surface area contributed by atoms with Crippen molar-refractivity contribution in [3.8, 4) is 0 Å². The first-order chi connectivity index (χ1) is 4.86. The fourth-order valence-electron chi connectivity index (χ4n) is 1.16. The summed E-state index contributed by atoms with van der Waals surface area (Å²) in [6.07, 6.45) is 10.2. The molecule has 3 heteroatoms.